The van der Waals surface area contributed by atoms with Crippen LogP contribution in [-0.4, -0.2) is 36.7 Å². The van der Waals surface area contributed by atoms with Crippen LogP contribution in [0.3, 0.4) is 0 Å². The molecular weight excluding hydrogens is 411 g/mol. The zero-order chi connectivity index (χ0) is 15.1. The van der Waals surface area contributed by atoms with Crippen molar-refractivity contribution in [3.8, 4) is 0 Å². The van der Waals surface area contributed by atoms with Crippen LogP contribution in [0.5, 0.6) is 0 Å². The van der Waals surface area contributed by atoms with Gasteiger partial charge in [-0.25, -0.2) is 9.98 Å². The van der Waals surface area contributed by atoms with Crippen LogP contribution in [0.2, 0.25) is 0 Å². The second-order valence-electron chi connectivity index (χ2n) is 5.53. The minimum absolute atomic E-state index is 0. The number of guanidine groups is 1. The molecule has 0 radical (unpaired) electrons. The van der Waals surface area contributed by atoms with Gasteiger partial charge in [0.05, 0.1) is 18.3 Å². The molecule has 1 atom stereocenters. The lowest BCUT2D eigenvalue weighted by Gasteiger charge is -2.14. The van der Waals surface area contributed by atoms with E-state index in [4.69, 9.17) is 4.74 Å². The molecule has 0 amide bonds. The quantitative estimate of drug-likeness (QED) is 0.407. The summed E-state index contributed by atoms with van der Waals surface area (Å²) in [4.78, 5) is 9.21. The maximum absolute atomic E-state index is 5.62. The summed E-state index contributed by atoms with van der Waals surface area (Å²) < 4.78 is 5.62. The fraction of sp³-hybridized carbons (Fsp3) is 0.733. The van der Waals surface area contributed by atoms with Crippen molar-refractivity contribution in [2.24, 2.45) is 4.99 Å². The predicted molar refractivity (Wildman–Crippen MR) is 103 cm³/mol. The summed E-state index contributed by atoms with van der Waals surface area (Å²) in [6, 6.07) is 0. The smallest absolute Gasteiger partial charge is 0.191 e. The Balaban J connectivity index is 0.00000242. The second kappa shape index (κ2) is 10.4. The largest absolute Gasteiger partial charge is 0.376 e. The van der Waals surface area contributed by atoms with Gasteiger partial charge in [0.25, 0.3) is 0 Å². The van der Waals surface area contributed by atoms with Crippen molar-refractivity contribution in [1.82, 2.24) is 15.6 Å². The Kier molecular flexibility index (Phi) is 9.27. The molecule has 0 saturated carbocycles. The number of nitrogens with zero attached hydrogens (tertiary/aromatic N) is 2. The topological polar surface area (TPSA) is 58.5 Å². The van der Waals surface area contributed by atoms with Crippen molar-refractivity contribution >= 4 is 41.3 Å². The Morgan fingerprint density at radius 1 is 1.50 bits per heavy atom. The highest BCUT2D eigenvalue weighted by Crippen LogP contribution is 2.18. The molecule has 2 rings (SSSR count). The lowest BCUT2D eigenvalue weighted by molar-refractivity contribution is 0.114. The normalized spacial score (nSPS) is 18.4. The number of hydrogen-bond acceptors (Lipinski definition) is 4. The molecule has 0 aliphatic carbocycles. The van der Waals surface area contributed by atoms with Crippen LogP contribution in [-0.2, 0) is 11.3 Å². The van der Waals surface area contributed by atoms with Crippen molar-refractivity contribution in [2.45, 2.75) is 52.2 Å². The van der Waals surface area contributed by atoms with E-state index < -0.39 is 0 Å². The van der Waals surface area contributed by atoms with Crippen LogP contribution in [0.15, 0.2) is 10.4 Å². The molecule has 1 aromatic heterocycles. The first-order valence-electron chi connectivity index (χ1n) is 7.77. The molecule has 0 aromatic carbocycles. The molecule has 1 aliphatic rings. The molecular formula is C15H27IN4OS. The molecule has 22 heavy (non-hydrogen) atoms. The van der Waals surface area contributed by atoms with Gasteiger partial charge in [0.1, 0.15) is 5.01 Å². The van der Waals surface area contributed by atoms with Crippen LogP contribution < -0.4 is 10.6 Å². The Hall–Kier alpha value is -0.410. The van der Waals surface area contributed by atoms with Gasteiger partial charge in [0.15, 0.2) is 5.96 Å². The van der Waals surface area contributed by atoms with E-state index in [1.807, 2.05) is 0 Å². The third kappa shape index (κ3) is 6.37. The van der Waals surface area contributed by atoms with Gasteiger partial charge in [-0.3, -0.25) is 0 Å². The molecule has 2 N–H and O–H groups in total. The van der Waals surface area contributed by atoms with Crippen molar-refractivity contribution in [3.05, 3.63) is 16.1 Å². The van der Waals surface area contributed by atoms with Gasteiger partial charge in [-0.05, 0) is 25.7 Å². The summed E-state index contributed by atoms with van der Waals surface area (Å²) in [5.41, 5.74) is 1.16. The summed E-state index contributed by atoms with van der Waals surface area (Å²) in [5, 5.41) is 9.81. The molecule has 1 unspecified atom stereocenters. The van der Waals surface area contributed by atoms with E-state index in [1.165, 1.54) is 0 Å². The van der Waals surface area contributed by atoms with E-state index in [9.17, 15) is 0 Å². The molecule has 5 nitrogen and oxygen atoms in total. The van der Waals surface area contributed by atoms with Crippen molar-refractivity contribution in [3.63, 3.8) is 0 Å². The Morgan fingerprint density at radius 2 is 2.32 bits per heavy atom. The van der Waals surface area contributed by atoms with Crippen LogP contribution >= 0.6 is 35.3 Å². The molecule has 126 valence electrons. The first kappa shape index (κ1) is 19.6. The molecule has 1 aromatic rings. The lowest BCUT2D eigenvalue weighted by atomic mass is 10.2. The molecule has 0 spiro atoms. The maximum Gasteiger partial charge on any atom is 0.191 e. The molecule has 1 saturated heterocycles. The third-order valence-corrected chi connectivity index (χ3v) is 4.25. The Labute approximate surface area is 154 Å². The minimum atomic E-state index is 0. The first-order valence-corrected chi connectivity index (χ1v) is 8.65. The van der Waals surface area contributed by atoms with Crippen LogP contribution in [0.25, 0.3) is 0 Å². The van der Waals surface area contributed by atoms with Gasteiger partial charge in [0.2, 0.25) is 0 Å². The number of rotatable bonds is 6. The zero-order valence-corrected chi connectivity index (χ0v) is 16.7. The number of aliphatic imine (C=N–C) groups is 1. The monoisotopic (exact) mass is 438 g/mol. The number of nitrogens with one attached hydrogen (secondary N) is 2. The van der Waals surface area contributed by atoms with Crippen LogP contribution in [0.4, 0.5) is 0 Å². The van der Waals surface area contributed by atoms with E-state index >= 15 is 0 Å². The molecule has 1 fully saturated rings. The molecule has 7 heteroatoms. The highest BCUT2D eigenvalue weighted by molar-refractivity contribution is 14.0. The fourth-order valence-corrected chi connectivity index (χ4v) is 3.05. The van der Waals surface area contributed by atoms with Crippen LogP contribution in [0.1, 0.15) is 50.2 Å². The van der Waals surface area contributed by atoms with Gasteiger partial charge < -0.3 is 15.4 Å². The van der Waals surface area contributed by atoms with E-state index in [1.54, 1.807) is 11.3 Å². The SMILES string of the molecule is CCNC(=NCc1nc(C(C)C)cs1)NCC1CCCO1.I. The number of halogens is 1. The molecule has 2 heterocycles. The molecule has 0 bridgehead atoms. The average molecular weight is 438 g/mol. The third-order valence-electron chi connectivity index (χ3n) is 3.40. The highest BCUT2D eigenvalue weighted by atomic mass is 127. The van der Waals surface area contributed by atoms with Gasteiger partial charge in [-0.15, -0.1) is 35.3 Å². The van der Waals surface area contributed by atoms with E-state index in [0.29, 0.717) is 18.6 Å². The summed E-state index contributed by atoms with van der Waals surface area (Å²) in [6.07, 6.45) is 2.62. The second-order valence-corrected chi connectivity index (χ2v) is 6.47. The predicted octanol–water partition coefficient (Wildman–Crippen LogP) is 3.12. The summed E-state index contributed by atoms with van der Waals surface area (Å²) >= 11 is 1.68. The fourth-order valence-electron chi connectivity index (χ4n) is 2.17. The van der Waals surface area contributed by atoms with E-state index in [0.717, 1.165) is 49.2 Å². The van der Waals surface area contributed by atoms with Gasteiger partial charge >= 0.3 is 0 Å². The number of ether oxygens (including phenoxy) is 1. The van der Waals surface area contributed by atoms with Gasteiger partial charge in [0, 0.05) is 25.1 Å². The lowest BCUT2D eigenvalue weighted by Crippen LogP contribution is -2.41. The number of thiazole rings is 1. The molecule has 1 aliphatic heterocycles. The van der Waals surface area contributed by atoms with Crippen LogP contribution in [0, 0.1) is 0 Å². The first-order chi connectivity index (χ1) is 10.2. The summed E-state index contributed by atoms with van der Waals surface area (Å²) in [7, 11) is 0. The van der Waals surface area contributed by atoms with Gasteiger partial charge in [-0.2, -0.15) is 0 Å². The highest BCUT2D eigenvalue weighted by Gasteiger charge is 2.15. The van der Waals surface area contributed by atoms with E-state index in [-0.39, 0.29) is 24.0 Å². The zero-order valence-electron chi connectivity index (χ0n) is 13.6. The Morgan fingerprint density at radius 3 is 2.91 bits per heavy atom. The van der Waals surface area contributed by atoms with Gasteiger partial charge in [-0.1, -0.05) is 13.8 Å². The van der Waals surface area contributed by atoms with E-state index in [2.05, 4.69) is 46.8 Å². The standard InChI is InChI=1S/C15H26N4OS.HI/c1-4-16-15(17-8-12-6-5-7-20-12)18-9-14-19-13(10-21-14)11(2)3;/h10-12H,4-9H2,1-3H3,(H2,16,17,18);1H. The summed E-state index contributed by atoms with van der Waals surface area (Å²) in [6.45, 7) is 9.58. The number of hydrogen-bond donors (Lipinski definition) is 2. The van der Waals surface area contributed by atoms with Crippen molar-refractivity contribution < 1.29 is 4.74 Å². The maximum atomic E-state index is 5.62. The van der Waals surface area contributed by atoms with Crippen molar-refractivity contribution in [2.75, 3.05) is 19.7 Å². The minimum Gasteiger partial charge on any atom is -0.376 e. The number of aromatic nitrogens is 1. The van der Waals surface area contributed by atoms with Crippen molar-refractivity contribution in [1.29, 1.82) is 0 Å². The average Bonchev–Trinajstić information content (AvgIpc) is 3.13. The summed E-state index contributed by atoms with van der Waals surface area (Å²) in [5.74, 6) is 1.32. The Bertz CT molecular complexity index is 458.